The maximum atomic E-state index is 4.51. The number of aromatic nitrogens is 1. The molecule has 2 nitrogen and oxygen atoms in total. The van der Waals surface area contributed by atoms with Crippen molar-refractivity contribution >= 4 is 54.5 Å². The fourth-order valence-corrected chi connectivity index (χ4v) is 4.57. The molecule has 92 valence electrons. The molecule has 0 saturated carbocycles. The quantitative estimate of drug-likeness (QED) is 0.821. The van der Waals surface area contributed by atoms with Gasteiger partial charge in [0.1, 0.15) is 0 Å². The molecule has 0 aromatic carbocycles. The third kappa shape index (κ3) is 3.38. The van der Waals surface area contributed by atoms with Crippen LogP contribution in [0.2, 0.25) is 0 Å². The van der Waals surface area contributed by atoms with Crippen LogP contribution in [0, 0.1) is 6.92 Å². The molecule has 0 aliphatic rings. The maximum absolute atomic E-state index is 4.51. The van der Waals surface area contributed by atoms with Gasteiger partial charge in [-0.05, 0) is 51.9 Å². The summed E-state index contributed by atoms with van der Waals surface area (Å²) in [4.78, 5) is 5.83. The summed E-state index contributed by atoms with van der Waals surface area (Å²) >= 11 is 10.5. The zero-order valence-corrected chi connectivity index (χ0v) is 14.3. The molecule has 1 N–H and O–H groups in total. The first-order valence-electron chi connectivity index (χ1n) is 5.13. The summed E-state index contributed by atoms with van der Waals surface area (Å²) in [5.74, 6) is 0. The largest absolute Gasteiger partial charge is 0.312 e. The summed E-state index contributed by atoms with van der Waals surface area (Å²) in [5, 5.41) is 6.63. The van der Waals surface area contributed by atoms with Gasteiger partial charge in [0.2, 0.25) is 0 Å². The van der Waals surface area contributed by atoms with Crippen LogP contribution in [0.25, 0.3) is 0 Å². The Bertz CT molecular complexity index is 488. The van der Waals surface area contributed by atoms with Crippen molar-refractivity contribution in [3.63, 3.8) is 0 Å². The number of likely N-dealkylation sites (N-methyl/N-ethyl adjacent to an activating group) is 1. The predicted octanol–water partition coefficient (Wildman–Crippen LogP) is 4.54. The Kier molecular flexibility index (Phi) is 4.77. The van der Waals surface area contributed by atoms with Gasteiger partial charge in [-0.1, -0.05) is 0 Å². The standard InChI is InChI=1S/C11H12Br2N2S2/c1-6-5-16-10(15-6)4-8(14-2)9-3-7(12)11(13)17-9/h3,5,8,14H,4H2,1-2H3. The van der Waals surface area contributed by atoms with Crippen molar-refractivity contribution in [1.82, 2.24) is 10.3 Å². The van der Waals surface area contributed by atoms with Crippen molar-refractivity contribution in [3.8, 4) is 0 Å². The molecular weight excluding hydrogens is 384 g/mol. The summed E-state index contributed by atoms with van der Waals surface area (Å²) in [6.45, 7) is 2.03. The lowest BCUT2D eigenvalue weighted by molar-refractivity contribution is 0.600. The van der Waals surface area contributed by atoms with Crippen LogP contribution in [0.3, 0.4) is 0 Å². The highest BCUT2D eigenvalue weighted by atomic mass is 79.9. The number of rotatable bonds is 4. The lowest BCUT2D eigenvalue weighted by Crippen LogP contribution is -2.17. The fraction of sp³-hybridized carbons (Fsp3) is 0.364. The first-order chi connectivity index (χ1) is 8.10. The molecule has 2 heterocycles. The lowest BCUT2D eigenvalue weighted by Gasteiger charge is -2.12. The van der Waals surface area contributed by atoms with E-state index in [9.17, 15) is 0 Å². The number of hydrogen-bond donors (Lipinski definition) is 1. The van der Waals surface area contributed by atoms with Gasteiger partial charge < -0.3 is 5.32 Å². The molecule has 0 amide bonds. The number of hydrogen-bond acceptors (Lipinski definition) is 4. The number of thiophene rings is 1. The Morgan fingerprint density at radius 3 is 2.71 bits per heavy atom. The van der Waals surface area contributed by atoms with E-state index in [4.69, 9.17) is 0 Å². The molecule has 0 radical (unpaired) electrons. The summed E-state index contributed by atoms with van der Waals surface area (Å²) in [6.07, 6.45) is 0.939. The molecular formula is C11H12Br2N2S2. The predicted molar refractivity (Wildman–Crippen MR) is 82.1 cm³/mol. The molecule has 0 spiro atoms. The first kappa shape index (κ1) is 13.7. The van der Waals surface area contributed by atoms with Gasteiger partial charge in [-0.2, -0.15) is 0 Å². The van der Waals surface area contributed by atoms with Gasteiger partial charge in [-0.25, -0.2) is 4.98 Å². The SMILES string of the molecule is CNC(Cc1nc(C)cs1)c1cc(Br)c(Br)s1. The van der Waals surface area contributed by atoms with Gasteiger partial charge in [-0.3, -0.25) is 0 Å². The Balaban J connectivity index is 2.16. The minimum absolute atomic E-state index is 0.327. The smallest absolute Gasteiger partial charge is 0.0947 e. The van der Waals surface area contributed by atoms with Gasteiger partial charge in [0, 0.05) is 32.9 Å². The molecule has 0 fully saturated rings. The number of nitrogens with zero attached hydrogens (tertiary/aromatic N) is 1. The first-order valence-corrected chi connectivity index (χ1v) is 8.41. The Morgan fingerprint density at radius 2 is 2.24 bits per heavy atom. The Hall–Kier alpha value is 0.250. The van der Waals surface area contributed by atoms with E-state index in [2.05, 4.69) is 53.6 Å². The lowest BCUT2D eigenvalue weighted by atomic mass is 10.2. The van der Waals surface area contributed by atoms with E-state index < -0.39 is 0 Å². The van der Waals surface area contributed by atoms with E-state index in [0.717, 1.165) is 20.4 Å². The van der Waals surface area contributed by atoms with Gasteiger partial charge in [-0.15, -0.1) is 22.7 Å². The second kappa shape index (κ2) is 5.93. The average molecular weight is 396 g/mol. The number of aryl methyl sites for hydroxylation is 1. The second-order valence-electron chi connectivity index (χ2n) is 3.70. The molecule has 17 heavy (non-hydrogen) atoms. The number of halogens is 2. The zero-order valence-electron chi connectivity index (χ0n) is 9.46. The van der Waals surface area contributed by atoms with Gasteiger partial charge >= 0.3 is 0 Å². The Morgan fingerprint density at radius 1 is 1.47 bits per heavy atom. The highest BCUT2D eigenvalue weighted by Gasteiger charge is 2.16. The van der Waals surface area contributed by atoms with E-state index in [-0.39, 0.29) is 0 Å². The fourth-order valence-electron chi connectivity index (χ4n) is 1.55. The van der Waals surface area contributed by atoms with E-state index in [1.807, 2.05) is 14.0 Å². The third-order valence-corrected chi connectivity index (χ3v) is 6.76. The Labute approximate surface area is 126 Å². The van der Waals surface area contributed by atoms with Crippen LogP contribution in [0.5, 0.6) is 0 Å². The molecule has 2 rings (SSSR count). The van der Waals surface area contributed by atoms with Crippen LogP contribution < -0.4 is 5.32 Å². The van der Waals surface area contributed by atoms with Gasteiger partial charge in [0.05, 0.1) is 8.79 Å². The third-order valence-electron chi connectivity index (χ3n) is 2.40. The summed E-state index contributed by atoms with van der Waals surface area (Å²) < 4.78 is 2.26. The van der Waals surface area contributed by atoms with Crippen molar-refractivity contribution in [2.45, 2.75) is 19.4 Å². The van der Waals surface area contributed by atoms with Crippen molar-refractivity contribution in [2.75, 3.05) is 7.05 Å². The average Bonchev–Trinajstić information content (AvgIpc) is 2.83. The van der Waals surface area contributed by atoms with Crippen LogP contribution >= 0.6 is 54.5 Å². The second-order valence-corrected chi connectivity index (χ2v) is 7.90. The number of nitrogens with one attached hydrogen (secondary N) is 1. The molecule has 2 aromatic rings. The molecule has 0 bridgehead atoms. The molecule has 1 unspecified atom stereocenters. The summed E-state index contributed by atoms with van der Waals surface area (Å²) in [5.41, 5.74) is 1.10. The molecule has 6 heteroatoms. The minimum Gasteiger partial charge on any atom is -0.312 e. The number of thiazole rings is 1. The zero-order chi connectivity index (χ0) is 12.4. The summed E-state index contributed by atoms with van der Waals surface area (Å²) in [7, 11) is 1.99. The highest BCUT2D eigenvalue weighted by Crippen LogP contribution is 2.36. The molecule has 0 aliphatic carbocycles. The van der Waals surface area contributed by atoms with E-state index in [1.54, 1.807) is 22.7 Å². The van der Waals surface area contributed by atoms with E-state index in [0.29, 0.717) is 6.04 Å². The molecule has 0 saturated heterocycles. The van der Waals surface area contributed by atoms with Crippen molar-refractivity contribution < 1.29 is 0 Å². The van der Waals surface area contributed by atoms with Crippen LogP contribution in [0.4, 0.5) is 0 Å². The molecule has 0 aliphatic heterocycles. The van der Waals surface area contributed by atoms with Gasteiger partial charge in [0.15, 0.2) is 0 Å². The summed E-state index contributed by atoms with van der Waals surface area (Å²) in [6, 6.07) is 2.49. The highest BCUT2D eigenvalue weighted by molar-refractivity contribution is 9.13. The van der Waals surface area contributed by atoms with Crippen LogP contribution in [-0.4, -0.2) is 12.0 Å². The maximum Gasteiger partial charge on any atom is 0.0947 e. The monoisotopic (exact) mass is 394 g/mol. The topological polar surface area (TPSA) is 24.9 Å². The van der Waals surface area contributed by atoms with Crippen LogP contribution in [0.15, 0.2) is 19.7 Å². The van der Waals surface area contributed by atoms with E-state index in [1.165, 1.54) is 9.88 Å². The molecule has 2 aromatic heterocycles. The minimum atomic E-state index is 0.327. The van der Waals surface area contributed by atoms with Crippen LogP contribution in [-0.2, 0) is 6.42 Å². The van der Waals surface area contributed by atoms with E-state index >= 15 is 0 Å². The van der Waals surface area contributed by atoms with Crippen LogP contribution in [0.1, 0.15) is 21.6 Å². The van der Waals surface area contributed by atoms with Crippen molar-refractivity contribution in [3.05, 3.63) is 35.3 Å². The van der Waals surface area contributed by atoms with Crippen molar-refractivity contribution in [2.24, 2.45) is 0 Å². The van der Waals surface area contributed by atoms with Gasteiger partial charge in [0.25, 0.3) is 0 Å². The van der Waals surface area contributed by atoms with Crippen molar-refractivity contribution in [1.29, 1.82) is 0 Å². The molecule has 1 atom stereocenters. The normalized spacial score (nSPS) is 12.9.